The van der Waals surface area contributed by atoms with E-state index in [4.69, 9.17) is 0 Å². The van der Waals surface area contributed by atoms with Gasteiger partial charge in [0.1, 0.15) is 0 Å². The van der Waals surface area contributed by atoms with Crippen LogP contribution in [0.25, 0.3) is 0 Å². The zero-order valence-electron chi connectivity index (χ0n) is 10.2. The number of amides is 2. The Morgan fingerprint density at radius 3 is 2.62 bits per heavy atom. The lowest BCUT2D eigenvalue weighted by molar-refractivity contribution is -0.139. The third-order valence-electron chi connectivity index (χ3n) is 2.85. The van der Waals surface area contributed by atoms with Gasteiger partial charge in [0.2, 0.25) is 11.8 Å². The zero-order valence-corrected chi connectivity index (χ0v) is 10.2. The molecule has 0 aliphatic carbocycles. The molecular weight excluding hydrogens is 204 g/mol. The number of likely N-dealkylation sites (tertiary alicyclic amines) is 1. The largest absolute Gasteiger partial charge is 0.387 e. The third-order valence-corrected chi connectivity index (χ3v) is 2.85. The van der Waals surface area contributed by atoms with E-state index >= 15 is 0 Å². The first-order valence-electron chi connectivity index (χ1n) is 5.67. The predicted molar refractivity (Wildman–Crippen MR) is 62.5 cm³/mol. The molecule has 0 saturated carbocycles. The van der Waals surface area contributed by atoms with E-state index < -0.39 is 0 Å². The van der Waals surface area contributed by atoms with Crippen molar-refractivity contribution in [3.05, 3.63) is 12.3 Å². The monoisotopic (exact) mass is 224 g/mol. The summed E-state index contributed by atoms with van der Waals surface area (Å²) < 4.78 is 0. The van der Waals surface area contributed by atoms with Gasteiger partial charge in [-0.15, -0.1) is 0 Å². The molecule has 16 heavy (non-hydrogen) atoms. The fourth-order valence-corrected chi connectivity index (χ4v) is 1.85. The molecule has 0 aromatic rings. The van der Waals surface area contributed by atoms with Crippen molar-refractivity contribution in [2.75, 3.05) is 13.1 Å². The number of nitrogens with zero attached hydrogens (tertiary/aromatic N) is 1. The smallest absolute Gasteiger partial charge is 0.233 e. The van der Waals surface area contributed by atoms with Gasteiger partial charge in [-0.05, 0) is 12.8 Å². The average Bonchev–Trinajstić information content (AvgIpc) is 2.44. The van der Waals surface area contributed by atoms with E-state index in [2.05, 4.69) is 11.9 Å². The first kappa shape index (κ1) is 12.7. The van der Waals surface area contributed by atoms with Crippen molar-refractivity contribution in [3.8, 4) is 0 Å². The van der Waals surface area contributed by atoms with Crippen LogP contribution in [-0.4, -0.2) is 29.8 Å². The molecule has 1 rings (SSSR count). The lowest BCUT2D eigenvalue weighted by Crippen LogP contribution is -2.36. The number of carbonyl (C=O) groups is 2. The van der Waals surface area contributed by atoms with Crippen LogP contribution in [0.4, 0.5) is 0 Å². The van der Waals surface area contributed by atoms with Crippen LogP contribution in [0.1, 0.15) is 27.2 Å². The summed E-state index contributed by atoms with van der Waals surface area (Å²) in [7, 11) is 0. The SMILES string of the molecule is C=C(C)NCCN1C(=O)CC(C(C)C)C1=O. The molecule has 1 aliphatic rings. The Bertz CT molecular complexity index is 310. The van der Waals surface area contributed by atoms with Crippen molar-refractivity contribution in [1.82, 2.24) is 10.2 Å². The molecular formula is C12H20N2O2. The van der Waals surface area contributed by atoms with E-state index in [1.54, 1.807) is 0 Å². The van der Waals surface area contributed by atoms with Crippen molar-refractivity contribution in [2.45, 2.75) is 27.2 Å². The number of nitrogens with one attached hydrogen (secondary N) is 1. The summed E-state index contributed by atoms with van der Waals surface area (Å²) in [5.41, 5.74) is 0.847. The summed E-state index contributed by atoms with van der Waals surface area (Å²) in [5, 5.41) is 3.02. The molecule has 0 radical (unpaired) electrons. The summed E-state index contributed by atoms with van der Waals surface area (Å²) in [6, 6.07) is 0. The van der Waals surface area contributed by atoms with Crippen LogP contribution in [0, 0.1) is 11.8 Å². The normalized spacial score (nSPS) is 20.8. The Kier molecular flexibility index (Phi) is 4.10. The van der Waals surface area contributed by atoms with Crippen molar-refractivity contribution < 1.29 is 9.59 Å². The molecule has 1 saturated heterocycles. The molecule has 4 heteroatoms. The van der Waals surface area contributed by atoms with Crippen LogP contribution in [0.15, 0.2) is 12.3 Å². The molecule has 0 bridgehead atoms. The summed E-state index contributed by atoms with van der Waals surface area (Å²) in [6.07, 6.45) is 0.365. The topological polar surface area (TPSA) is 49.4 Å². The van der Waals surface area contributed by atoms with Gasteiger partial charge in [-0.3, -0.25) is 14.5 Å². The molecule has 1 atom stereocenters. The standard InChI is InChI=1S/C12H20N2O2/c1-8(2)10-7-11(15)14(12(10)16)6-5-13-9(3)4/h8,10,13H,3,5-7H2,1-2,4H3. The summed E-state index contributed by atoms with van der Waals surface area (Å²) >= 11 is 0. The maximum atomic E-state index is 11.9. The van der Waals surface area contributed by atoms with Gasteiger partial charge >= 0.3 is 0 Å². The number of hydrogen-bond donors (Lipinski definition) is 1. The highest BCUT2D eigenvalue weighted by Crippen LogP contribution is 2.25. The molecule has 1 fully saturated rings. The van der Waals surface area contributed by atoms with Gasteiger partial charge in [0.15, 0.2) is 0 Å². The van der Waals surface area contributed by atoms with E-state index in [1.165, 1.54) is 4.90 Å². The molecule has 0 aromatic heterocycles. The maximum absolute atomic E-state index is 11.9. The zero-order chi connectivity index (χ0) is 12.3. The van der Waals surface area contributed by atoms with E-state index in [1.807, 2.05) is 20.8 Å². The first-order chi connectivity index (χ1) is 7.43. The van der Waals surface area contributed by atoms with E-state index in [0.29, 0.717) is 19.5 Å². The van der Waals surface area contributed by atoms with Crippen LogP contribution >= 0.6 is 0 Å². The number of imide groups is 1. The minimum Gasteiger partial charge on any atom is -0.387 e. The minimum absolute atomic E-state index is 0.0245. The third kappa shape index (κ3) is 2.84. The number of allylic oxidation sites excluding steroid dienone is 1. The summed E-state index contributed by atoms with van der Waals surface area (Å²) in [6.45, 7) is 10.5. The highest BCUT2D eigenvalue weighted by molar-refractivity contribution is 6.03. The Morgan fingerprint density at radius 2 is 2.19 bits per heavy atom. The van der Waals surface area contributed by atoms with Gasteiger partial charge in [-0.1, -0.05) is 20.4 Å². The van der Waals surface area contributed by atoms with Crippen LogP contribution in [0.2, 0.25) is 0 Å². The lowest BCUT2D eigenvalue weighted by atomic mass is 9.94. The summed E-state index contributed by atoms with van der Waals surface area (Å²) in [5.74, 6) is 0.0311. The molecule has 1 unspecified atom stereocenters. The quantitative estimate of drug-likeness (QED) is 0.712. The Labute approximate surface area is 96.7 Å². The van der Waals surface area contributed by atoms with Crippen LogP contribution in [-0.2, 0) is 9.59 Å². The maximum Gasteiger partial charge on any atom is 0.233 e. The predicted octanol–water partition coefficient (Wildman–Crippen LogP) is 1.14. The highest BCUT2D eigenvalue weighted by atomic mass is 16.2. The molecule has 1 N–H and O–H groups in total. The highest BCUT2D eigenvalue weighted by Gasteiger charge is 2.39. The molecule has 0 spiro atoms. The van der Waals surface area contributed by atoms with Crippen molar-refractivity contribution >= 4 is 11.8 Å². The van der Waals surface area contributed by atoms with Gasteiger partial charge < -0.3 is 5.32 Å². The second kappa shape index (κ2) is 5.14. The fraction of sp³-hybridized carbons (Fsp3) is 0.667. The molecule has 1 aliphatic heterocycles. The molecule has 2 amide bonds. The van der Waals surface area contributed by atoms with Crippen LogP contribution in [0.5, 0.6) is 0 Å². The minimum atomic E-state index is -0.127. The Balaban J connectivity index is 2.51. The van der Waals surface area contributed by atoms with Gasteiger partial charge in [0.25, 0.3) is 0 Å². The fourth-order valence-electron chi connectivity index (χ4n) is 1.85. The van der Waals surface area contributed by atoms with Crippen molar-refractivity contribution in [2.24, 2.45) is 11.8 Å². The Hall–Kier alpha value is -1.32. The van der Waals surface area contributed by atoms with Gasteiger partial charge in [-0.25, -0.2) is 0 Å². The van der Waals surface area contributed by atoms with Crippen LogP contribution in [0.3, 0.4) is 0 Å². The van der Waals surface area contributed by atoms with Crippen molar-refractivity contribution in [1.29, 1.82) is 0 Å². The van der Waals surface area contributed by atoms with Gasteiger partial charge in [0.05, 0.1) is 0 Å². The molecule has 90 valence electrons. The Morgan fingerprint density at radius 1 is 1.56 bits per heavy atom. The first-order valence-corrected chi connectivity index (χ1v) is 5.67. The van der Waals surface area contributed by atoms with Gasteiger partial charge in [-0.2, -0.15) is 0 Å². The second-order valence-corrected chi connectivity index (χ2v) is 4.65. The van der Waals surface area contributed by atoms with Crippen LogP contribution < -0.4 is 5.32 Å². The van der Waals surface area contributed by atoms with E-state index in [0.717, 1.165) is 5.70 Å². The molecule has 4 nitrogen and oxygen atoms in total. The van der Waals surface area contributed by atoms with E-state index in [9.17, 15) is 9.59 Å². The lowest BCUT2D eigenvalue weighted by Gasteiger charge is -2.16. The second-order valence-electron chi connectivity index (χ2n) is 4.65. The summed E-state index contributed by atoms with van der Waals surface area (Å²) in [4.78, 5) is 24.9. The number of hydrogen-bond acceptors (Lipinski definition) is 3. The number of carbonyl (C=O) groups excluding carboxylic acids is 2. The van der Waals surface area contributed by atoms with Crippen molar-refractivity contribution in [3.63, 3.8) is 0 Å². The van der Waals surface area contributed by atoms with Gasteiger partial charge in [0, 0.05) is 31.1 Å². The molecule has 1 heterocycles. The molecule has 0 aromatic carbocycles. The number of rotatable bonds is 5. The average molecular weight is 224 g/mol. The van der Waals surface area contributed by atoms with E-state index in [-0.39, 0.29) is 23.7 Å².